The minimum atomic E-state index is -1.06. The van der Waals surface area contributed by atoms with E-state index in [2.05, 4.69) is 6.92 Å². The van der Waals surface area contributed by atoms with Crippen LogP contribution in [0.3, 0.4) is 0 Å². The number of fused-ring (bicyclic) bond motifs is 3. The number of Topliss-reactive ketones (excluding diaryl/α,β-unsaturated/α-hetero) is 1. The lowest BCUT2D eigenvalue weighted by molar-refractivity contribution is -0.152. The zero-order valence-electron chi connectivity index (χ0n) is 13.1. The molecule has 0 saturated heterocycles. The van der Waals surface area contributed by atoms with E-state index in [4.69, 9.17) is 0 Å². The average Bonchev–Trinajstić information content (AvgIpc) is 3.33. The van der Waals surface area contributed by atoms with Gasteiger partial charge in [0.05, 0.1) is 0 Å². The van der Waals surface area contributed by atoms with Crippen LogP contribution >= 0.6 is 0 Å². The summed E-state index contributed by atoms with van der Waals surface area (Å²) in [6, 6.07) is 5.61. The third kappa shape index (κ3) is 1.81. The molecule has 3 nitrogen and oxygen atoms in total. The van der Waals surface area contributed by atoms with Crippen LogP contribution in [0.15, 0.2) is 18.2 Å². The van der Waals surface area contributed by atoms with E-state index in [1.165, 1.54) is 11.1 Å². The minimum absolute atomic E-state index is 0.0500. The van der Waals surface area contributed by atoms with Crippen LogP contribution in [-0.4, -0.2) is 21.6 Å². The number of hydrogen-bond acceptors (Lipinski definition) is 3. The first-order valence-electron chi connectivity index (χ1n) is 8.57. The first-order chi connectivity index (χ1) is 10.5. The molecule has 3 aliphatic rings. The second kappa shape index (κ2) is 4.58. The standard InChI is InChI=1S/C19H24O3/c1-2-18-11-17(21)19(22,13-5-6-13)10-14(18)4-3-12-9-15(20)7-8-16(12)18/h7-9,13-14,20,22H,2-6,10-11H2,1H3/t14-,18-,19-/m1/s1. The number of phenols is 1. The van der Waals surface area contributed by atoms with Gasteiger partial charge in [-0.3, -0.25) is 4.79 Å². The second-order valence-electron chi connectivity index (χ2n) is 7.59. The Hall–Kier alpha value is -1.35. The molecule has 3 aliphatic carbocycles. The highest BCUT2D eigenvalue weighted by molar-refractivity contribution is 5.90. The van der Waals surface area contributed by atoms with Crippen molar-refractivity contribution in [3.05, 3.63) is 29.3 Å². The summed E-state index contributed by atoms with van der Waals surface area (Å²) >= 11 is 0. The van der Waals surface area contributed by atoms with Crippen LogP contribution in [0.1, 0.15) is 56.6 Å². The summed E-state index contributed by atoms with van der Waals surface area (Å²) in [5.41, 5.74) is 1.22. The molecule has 2 N–H and O–H groups in total. The second-order valence-corrected chi connectivity index (χ2v) is 7.59. The van der Waals surface area contributed by atoms with Crippen LogP contribution in [0.2, 0.25) is 0 Å². The highest BCUT2D eigenvalue weighted by Gasteiger charge is 2.59. The quantitative estimate of drug-likeness (QED) is 0.882. The summed E-state index contributed by atoms with van der Waals surface area (Å²) in [4.78, 5) is 12.8. The number of benzene rings is 1. The summed E-state index contributed by atoms with van der Waals surface area (Å²) in [7, 11) is 0. The normalized spacial score (nSPS) is 37.5. The molecule has 0 aliphatic heterocycles. The van der Waals surface area contributed by atoms with E-state index < -0.39 is 5.60 Å². The van der Waals surface area contributed by atoms with Gasteiger partial charge in [-0.1, -0.05) is 13.0 Å². The number of rotatable bonds is 2. The van der Waals surface area contributed by atoms with Gasteiger partial charge >= 0.3 is 0 Å². The Morgan fingerprint density at radius 2 is 2.00 bits per heavy atom. The highest BCUT2D eigenvalue weighted by Crippen LogP contribution is 2.57. The Morgan fingerprint density at radius 1 is 1.23 bits per heavy atom. The van der Waals surface area contributed by atoms with Crippen molar-refractivity contribution in [2.24, 2.45) is 11.8 Å². The van der Waals surface area contributed by atoms with Crippen molar-refractivity contribution in [1.29, 1.82) is 0 Å². The lowest BCUT2D eigenvalue weighted by Gasteiger charge is -2.52. The molecule has 2 fully saturated rings. The van der Waals surface area contributed by atoms with Crippen LogP contribution in [0.5, 0.6) is 5.75 Å². The number of carbonyl (C=O) groups is 1. The molecule has 1 aromatic rings. The van der Waals surface area contributed by atoms with E-state index >= 15 is 0 Å². The highest BCUT2D eigenvalue weighted by atomic mass is 16.3. The summed E-state index contributed by atoms with van der Waals surface area (Å²) in [5.74, 6) is 0.933. The fourth-order valence-electron chi connectivity index (χ4n) is 5.12. The molecule has 0 heterocycles. The Morgan fingerprint density at radius 3 is 2.68 bits per heavy atom. The predicted molar refractivity (Wildman–Crippen MR) is 83.8 cm³/mol. The number of aromatic hydroxyl groups is 1. The maximum atomic E-state index is 12.8. The third-order valence-electron chi connectivity index (χ3n) is 6.57. The van der Waals surface area contributed by atoms with Gasteiger partial charge in [0.25, 0.3) is 0 Å². The SMILES string of the molecule is CC[C@@]12CC(=O)[C@](O)(C3CC3)C[C@H]1CCc1cc(O)ccc12. The molecule has 0 radical (unpaired) electrons. The molecular formula is C19H24O3. The Bertz CT molecular complexity index is 634. The number of hydrogen-bond donors (Lipinski definition) is 2. The number of carbonyl (C=O) groups excluding carboxylic acids is 1. The van der Waals surface area contributed by atoms with E-state index in [-0.39, 0.29) is 17.1 Å². The molecule has 22 heavy (non-hydrogen) atoms. The van der Waals surface area contributed by atoms with Crippen LogP contribution in [0, 0.1) is 11.8 Å². The van der Waals surface area contributed by atoms with Crippen LogP contribution in [0.25, 0.3) is 0 Å². The van der Waals surface area contributed by atoms with Gasteiger partial charge < -0.3 is 10.2 Å². The molecule has 0 amide bonds. The van der Waals surface area contributed by atoms with Gasteiger partial charge in [0.2, 0.25) is 0 Å². The van der Waals surface area contributed by atoms with E-state index in [1.807, 2.05) is 12.1 Å². The molecule has 1 aromatic carbocycles. The molecule has 3 atom stereocenters. The van der Waals surface area contributed by atoms with Gasteiger partial charge in [-0.25, -0.2) is 0 Å². The topological polar surface area (TPSA) is 57.5 Å². The minimum Gasteiger partial charge on any atom is -0.508 e. The third-order valence-corrected chi connectivity index (χ3v) is 6.57. The van der Waals surface area contributed by atoms with Crippen molar-refractivity contribution < 1.29 is 15.0 Å². The molecule has 0 spiro atoms. The molecule has 118 valence electrons. The zero-order valence-corrected chi connectivity index (χ0v) is 13.1. The van der Waals surface area contributed by atoms with Crippen molar-refractivity contribution >= 4 is 5.78 Å². The van der Waals surface area contributed by atoms with Gasteiger partial charge in [-0.2, -0.15) is 0 Å². The molecule has 0 bridgehead atoms. The van der Waals surface area contributed by atoms with Crippen molar-refractivity contribution in [3.63, 3.8) is 0 Å². The van der Waals surface area contributed by atoms with Crippen LogP contribution in [0.4, 0.5) is 0 Å². The number of ketones is 1. The van der Waals surface area contributed by atoms with Crippen molar-refractivity contribution in [3.8, 4) is 5.75 Å². The van der Waals surface area contributed by atoms with Gasteiger partial charge in [-0.15, -0.1) is 0 Å². The first kappa shape index (κ1) is 14.3. The Kier molecular flexibility index (Phi) is 2.96. The van der Waals surface area contributed by atoms with Crippen molar-refractivity contribution in [2.45, 2.75) is 62.9 Å². The van der Waals surface area contributed by atoms with Gasteiger partial charge in [-0.05, 0) is 73.6 Å². The summed E-state index contributed by atoms with van der Waals surface area (Å²) in [5, 5.41) is 20.7. The van der Waals surface area contributed by atoms with E-state index in [1.54, 1.807) is 6.07 Å². The fraction of sp³-hybridized carbons (Fsp3) is 0.632. The van der Waals surface area contributed by atoms with E-state index in [0.717, 1.165) is 32.1 Å². The molecule has 3 heteroatoms. The summed E-state index contributed by atoms with van der Waals surface area (Å²) in [6.07, 6.45) is 5.94. The largest absolute Gasteiger partial charge is 0.508 e. The fourth-order valence-corrected chi connectivity index (χ4v) is 5.12. The van der Waals surface area contributed by atoms with Crippen LogP contribution < -0.4 is 0 Å². The number of aliphatic hydroxyl groups is 1. The Labute approximate surface area is 131 Å². The van der Waals surface area contributed by atoms with E-state index in [0.29, 0.717) is 24.5 Å². The smallest absolute Gasteiger partial charge is 0.165 e. The van der Waals surface area contributed by atoms with E-state index in [9.17, 15) is 15.0 Å². The molecule has 4 rings (SSSR count). The lowest BCUT2D eigenvalue weighted by Crippen LogP contribution is -2.56. The first-order valence-corrected chi connectivity index (χ1v) is 8.57. The van der Waals surface area contributed by atoms with Crippen molar-refractivity contribution in [2.75, 3.05) is 0 Å². The van der Waals surface area contributed by atoms with Gasteiger partial charge in [0.1, 0.15) is 11.4 Å². The maximum Gasteiger partial charge on any atom is 0.165 e. The maximum absolute atomic E-state index is 12.8. The molecular weight excluding hydrogens is 276 g/mol. The zero-order chi connectivity index (χ0) is 15.5. The monoisotopic (exact) mass is 300 g/mol. The predicted octanol–water partition coefficient (Wildman–Crippen LogP) is 3.11. The van der Waals surface area contributed by atoms with Crippen molar-refractivity contribution in [1.82, 2.24) is 0 Å². The van der Waals surface area contributed by atoms with Gasteiger partial charge in [0, 0.05) is 11.8 Å². The molecule has 2 saturated carbocycles. The average molecular weight is 300 g/mol. The summed E-state index contributed by atoms with van der Waals surface area (Å²) < 4.78 is 0. The lowest BCUT2D eigenvalue weighted by atomic mass is 9.52. The number of aryl methyl sites for hydroxylation is 1. The molecule has 0 aromatic heterocycles. The summed E-state index contributed by atoms with van der Waals surface area (Å²) in [6.45, 7) is 2.16. The molecule has 0 unspecified atom stereocenters. The Balaban J connectivity index is 1.78. The van der Waals surface area contributed by atoms with Crippen LogP contribution in [-0.2, 0) is 16.6 Å². The van der Waals surface area contributed by atoms with Gasteiger partial charge in [0.15, 0.2) is 5.78 Å². The number of phenolic OH excluding ortho intramolecular Hbond substituents is 1.